The fraction of sp³-hybridized carbons (Fsp3) is 0.571. The Morgan fingerprint density at radius 3 is 2.62 bits per heavy atom. The lowest BCUT2D eigenvalue weighted by atomic mass is 9.69. The molecule has 0 aromatic heterocycles. The third-order valence-electron chi connectivity index (χ3n) is 3.68. The van der Waals surface area contributed by atoms with Gasteiger partial charge in [0.25, 0.3) is 0 Å². The number of hydrogen-bond donors (Lipinski definition) is 0. The van der Waals surface area contributed by atoms with Crippen LogP contribution in [0.25, 0.3) is 0 Å². The highest BCUT2D eigenvalue weighted by Crippen LogP contribution is 2.47. The van der Waals surface area contributed by atoms with Crippen LogP contribution in [0.2, 0.25) is 0 Å². The molecule has 0 aliphatic heterocycles. The number of aryl methyl sites for hydroxylation is 1. The van der Waals surface area contributed by atoms with E-state index < -0.39 is 0 Å². The minimum Gasteiger partial charge on any atom is -0.490 e. The number of ether oxygens (including phenoxy) is 1. The zero-order valence-corrected chi connectivity index (χ0v) is 11.8. The molecule has 0 spiro atoms. The highest BCUT2D eigenvalue weighted by molar-refractivity contribution is 9.09. The van der Waals surface area contributed by atoms with E-state index in [2.05, 4.69) is 54.9 Å². The zero-order valence-electron chi connectivity index (χ0n) is 10.2. The summed E-state index contributed by atoms with van der Waals surface area (Å²) in [5.74, 6) is 1.06. The third kappa shape index (κ3) is 2.00. The fourth-order valence-corrected chi connectivity index (χ4v) is 2.74. The maximum atomic E-state index is 6.13. The Morgan fingerprint density at radius 2 is 2.06 bits per heavy atom. The van der Waals surface area contributed by atoms with Crippen LogP contribution < -0.4 is 4.74 Å². The molecule has 1 nitrogen and oxygen atoms in total. The van der Waals surface area contributed by atoms with Gasteiger partial charge in [-0.3, -0.25) is 0 Å². The molecule has 1 aliphatic rings. The predicted octanol–water partition coefficient (Wildman–Crippen LogP) is 4.19. The normalized spacial score (nSPS) is 27.2. The van der Waals surface area contributed by atoms with Gasteiger partial charge in [0, 0.05) is 10.2 Å². The summed E-state index contributed by atoms with van der Waals surface area (Å²) in [5.41, 5.74) is 1.54. The Labute approximate surface area is 106 Å². The van der Waals surface area contributed by atoms with Crippen molar-refractivity contribution < 1.29 is 4.74 Å². The van der Waals surface area contributed by atoms with Crippen molar-refractivity contribution in [3.05, 3.63) is 29.8 Å². The van der Waals surface area contributed by atoms with Crippen molar-refractivity contribution in [2.45, 2.75) is 44.5 Å². The summed E-state index contributed by atoms with van der Waals surface area (Å²) in [6.07, 6.45) is 2.47. The molecular weight excluding hydrogens is 264 g/mol. The van der Waals surface area contributed by atoms with Crippen molar-refractivity contribution >= 4 is 15.9 Å². The number of hydrogen-bond acceptors (Lipinski definition) is 1. The molecule has 0 radical (unpaired) electrons. The van der Waals surface area contributed by atoms with Gasteiger partial charge in [-0.1, -0.05) is 54.9 Å². The molecule has 0 bridgehead atoms. The van der Waals surface area contributed by atoms with Crippen LogP contribution in [-0.4, -0.2) is 10.9 Å². The maximum Gasteiger partial charge on any atom is 0.122 e. The largest absolute Gasteiger partial charge is 0.490 e. The van der Waals surface area contributed by atoms with Gasteiger partial charge in [-0.25, -0.2) is 0 Å². The lowest BCUT2D eigenvalue weighted by molar-refractivity contribution is -0.00835. The molecule has 0 heterocycles. The van der Waals surface area contributed by atoms with E-state index in [1.54, 1.807) is 0 Å². The molecule has 0 N–H and O–H groups in total. The van der Waals surface area contributed by atoms with Gasteiger partial charge in [0.15, 0.2) is 0 Å². The van der Waals surface area contributed by atoms with Crippen LogP contribution >= 0.6 is 15.9 Å². The van der Waals surface area contributed by atoms with Gasteiger partial charge in [-0.05, 0) is 24.5 Å². The molecular formula is C14H19BrO. The van der Waals surface area contributed by atoms with Crippen LogP contribution in [0, 0.1) is 5.41 Å². The van der Waals surface area contributed by atoms with Gasteiger partial charge in [0.2, 0.25) is 0 Å². The molecule has 1 saturated carbocycles. The van der Waals surface area contributed by atoms with E-state index >= 15 is 0 Å². The average molecular weight is 283 g/mol. The second-order valence-electron chi connectivity index (χ2n) is 5.09. The molecule has 1 aliphatic carbocycles. The first-order chi connectivity index (χ1) is 7.55. The van der Waals surface area contributed by atoms with Crippen LogP contribution in [0.3, 0.4) is 0 Å². The molecule has 88 valence electrons. The van der Waals surface area contributed by atoms with Crippen molar-refractivity contribution in [3.8, 4) is 5.75 Å². The summed E-state index contributed by atoms with van der Waals surface area (Å²) in [4.78, 5) is 0.582. The van der Waals surface area contributed by atoms with Gasteiger partial charge < -0.3 is 4.74 Å². The summed E-state index contributed by atoms with van der Waals surface area (Å²) in [5, 5.41) is 0. The Balaban J connectivity index is 2.11. The third-order valence-corrected chi connectivity index (χ3v) is 5.23. The Hall–Kier alpha value is -0.500. The van der Waals surface area contributed by atoms with E-state index in [1.165, 1.54) is 5.56 Å². The molecule has 2 unspecified atom stereocenters. The van der Waals surface area contributed by atoms with Gasteiger partial charge in [0.1, 0.15) is 11.9 Å². The highest BCUT2D eigenvalue weighted by atomic mass is 79.9. The van der Waals surface area contributed by atoms with Crippen LogP contribution in [-0.2, 0) is 6.42 Å². The van der Waals surface area contributed by atoms with E-state index in [-0.39, 0.29) is 5.41 Å². The molecule has 0 amide bonds. The van der Waals surface area contributed by atoms with Gasteiger partial charge in [0.05, 0.1) is 0 Å². The minimum atomic E-state index is 0.237. The monoisotopic (exact) mass is 282 g/mol. The first-order valence-electron chi connectivity index (χ1n) is 5.94. The Kier molecular flexibility index (Phi) is 3.29. The van der Waals surface area contributed by atoms with Crippen LogP contribution in [0.4, 0.5) is 0 Å². The predicted molar refractivity (Wildman–Crippen MR) is 71.3 cm³/mol. The second kappa shape index (κ2) is 4.40. The van der Waals surface area contributed by atoms with E-state index in [1.807, 2.05) is 6.07 Å². The molecule has 1 aromatic rings. The van der Waals surface area contributed by atoms with Gasteiger partial charge >= 0.3 is 0 Å². The van der Waals surface area contributed by atoms with Gasteiger partial charge in [-0.15, -0.1) is 0 Å². The lowest BCUT2D eigenvalue weighted by Gasteiger charge is -2.48. The Morgan fingerprint density at radius 1 is 1.38 bits per heavy atom. The lowest BCUT2D eigenvalue weighted by Crippen LogP contribution is -2.53. The number of benzene rings is 1. The standard InChI is InChI=1S/C14H19BrO/c1-4-10-7-5-6-8-11(10)16-13-9-12(15)14(13,2)3/h5-8,12-13H,4,9H2,1-3H3. The molecule has 16 heavy (non-hydrogen) atoms. The van der Waals surface area contributed by atoms with E-state index in [4.69, 9.17) is 4.74 Å². The van der Waals surface area contributed by atoms with Gasteiger partial charge in [-0.2, -0.15) is 0 Å². The summed E-state index contributed by atoms with van der Waals surface area (Å²) in [7, 11) is 0. The van der Waals surface area contributed by atoms with Crippen molar-refractivity contribution in [2.75, 3.05) is 0 Å². The quantitative estimate of drug-likeness (QED) is 0.756. The van der Waals surface area contributed by atoms with Crippen molar-refractivity contribution in [3.63, 3.8) is 0 Å². The highest BCUT2D eigenvalue weighted by Gasteiger charge is 2.48. The van der Waals surface area contributed by atoms with Crippen molar-refractivity contribution in [1.82, 2.24) is 0 Å². The summed E-state index contributed by atoms with van der Waals surface area (Å²) in [6, 6.07) is 8.35. The van der Waals surface area contributed by atoms with E-state index in [0.717, 1.165) is 18.6 Å². The first kappa shape index (κ1) is 12.0. The second-order valence-corrected chi connectivity index (χ2v) is 6.20. The van der Waals surface area contributed by atoms with Crippen molar-refractivity contribution in [2.24, 2.45) is 5.41 Å². The summed E-state index contributed by atoms with van der Waals surface area (Å²) >= 11 is 3.69. The molecule has 2 rings (SSSR count). The molecule has 1 aromatic carbocycles. The number of rotatable bonds is 3. The average Bonchev–Trinajstić information content (AvgIpc) is 2.29. The summed E-state index contributed by atoms with van der Waals surface area (Å²) in [6.45, 7) is 6.69. The molecule has 0 saturated heterocycles. The van der Waals surface area contributed by atoms with Crippen molar-refractivity contribution in [1.29, 1.82) is 0 Å². The van der Waals surface area contributed by atoms with Crippen LogP contribution in [0.1, 0.15) is 32.8 Å². The van der Waals surface area contributed by atoms with Crippen LogP contribution in [0.5, 0.6) is 5.75 Å². The SMILES string of the molecule is CCc1ccccc1OC1CC(Br)C1(C)C. The number of halogens is 1. The zero-order chi connectivity index (χ0) is 11.8. The number of alkyl halides is 1. The topological polar surface area (TPSA) is 9.23 Å². The maximum absolute atomic E-state index is 6.13. The Bertz CT molecular complexity index is 373. The van der Waals surface area contributed by atoms with Crippen LogP contribution in [0.15, 0.2) is 24.3 Å². The smallest absolute Gasteiger partial charge is 0.122 e. The number of para-hydroxylation sites is 1. The van der Waals surface area contributed by atoms with E-state index in [9.17, 15) is 0 Å². The molecule has 1 fully saturated rings. The van der Waals surface area contributed by atoms with E-state index in [0.29, 0.717) is 10.9 Å². The molecule has 2 atom stereocenters. The summed E-state index contributed by atoms with van der Waals surface area (Å²) < 4.78 is 6.13. The molecule has 2 heteroatoms. The first-order valence-corrected chi connectivity index (χ1v) is 6.86. The fourth-order valence-electron chi connectivity index (χ4n) is 2.10. The minimum absolute atomic E-state index is 0.237.